The van der Waals surface area contributed by atoms with E-state index in [1.807, 2.05) is 35.7 Å². The van der Waals surface area contributed by atoms with Crippen LogP contribution in [-0.2, 0) is 6.54 Å². The van der Waals surface area contributed by atoms with Crippen LogP contribution in [-0.4, -0.2) is 41.6 Å². The molecule has 1 aromatic rings. The molecule has 4 nitrogen and oxygen atoms in total. The van der Waals surface area contributed by atoms with Crippen molar-refractivity contribution >= 4 is 21.8 Å². The number of nitrogens with one attached hydrogen (secondary N) is 1. The fourth-order valence-electron chi connectivity index (χ4n) is 2.43. The topological polar surface area (TPSA) is 37.3 Å². The predicted molar refractivity (Wildman–Crippen MR) is 75.8 cm³/mol. The zero-order chi connectivity index (χ0) is 13.1. The molecular formula is C13H20BrN3O. The van der Waals surface area contributed by atoms with Gasteiger partial charge in [-0.25, -0.2) is 0 Å². The number of amides is 1. The van der Waals surface area contributed by atoms with Crippen molar-refractivity contribution in [2.45, 2.75) is 32.4 Å². The summed E-state index contributed by atoms with van der Waals surface area (Å²) in [7, 11) is 1.90. The zero-order valence-corrected chi connectivity index (χ0v) is 12.5. The Morgan fingerprint density at radius 3 is 3.06 bits per heavy atom. The van der Waals surface area contributed by atoms with Crippen molar-refractivity contribution in [3.63, 3.8) is 0 Å². The third-order valence-electron chi connectivity index (χ3n) is 3.56. The highest BCUT2D eigenvalue weighted by molar-refractivity contribution is 9.10. The van der Waals surface area contributed by atoms with Crippen LogP contribution in [0.5, 0.6) is 0 Å². The van der Waals surface area contributed by atoms with Gasteiger partial charge in [-0.3, -0.25) is 4.79 Å². The smallest absolute Gasteiger partial charge is 0.270 e. The van der Waals surface area contributed by atoms with Gasteiger partial charge in [-0.2, -0.15) is 0 Å². The number of carbonyl (C=O) groups excluding carboxylic acids is 1. The third kappa shape index (κ3) is 2.78. The van der Waals surface area contributed by atoms with E-state index in [2.05, 4.69) is 21.2 Å². The van der Waals surface area contributed by atoms with Gasteiger partial charge in [-0.15, -0.1) is 0 Å². The van der Waals surface area contributed by atoms with Gasteiger partial charge in [0.25, 0.3) is 5.91 Å². The molecule has 1 saturated heterocycles. The average molecular weight is 314 g/mol. The highest BCUT2D eigenvalue weighted by Crippen LogP contribution is 2.18. The first-order chi connectivity index (χ1) is 8.63. The molecular weight excluding hydrogens is 294 g/mol. The number of piperidine rings is 1. The molecule has 0 aromatic carbocycles. The monoisotopic (exact) mass is 313 g/mol. The highest BCUT2D eigenvalue weighted by atomic mass is 79.9. The molecule has 1 aliphatic rings. The number of carbonyl (C=O) groups is 1. The van der Waals surface area contributed by atoms with Crippen molar-refractivity contribution in [3.8, 4) is 0 Å². The molecule has 2 heterocycles. The summed E-state index contributed by atoms with van der Waals surface area (Å²) in [5.74, 6) is 0.108. The minimum Gasteiger partial charge on any atom is -0.343 e. The van der Waals surface area contributed by atoms with E-state index in [4.69, 9.17) is 0 Å². The normalized spacial score (nSPS) is 19.8. The lowest BCUT2D eigenvalue weighted by atomic mass is 10.1. The van der Waals surface area contributed by atoms with Crippen molar-refractivity contribution in [1.82, 2.24) is 14.8 Å². The summed E-state index contributed by atoms with van der Waals surface area (Å²) in [6.07, 6.45) is 4.18. The largest absolute Gasteiger partial charge is 0.343 e. The van der Waals surface area contributed by atoms with Gasteiger partial charge in [0.1, 0.15) is 5.69 Å². The Hall–Kier alpha value is -0.810. The molecule has 0 aliphatic carbocycles. The number of hydrogen-bond donors (Lipinski definition) is 1. The molecule has 1 amide bonds. The molecule has 1 N–H and O–H groups in total. The Bertz CT molecular complexity index is 424. The Kier molecular flexibility index (Phi) is 4.45. The molecule has 1 unspecified atom stereocenters. The molecule has 100 valence electrons. The highest BCUT2D eigenvalue weighted by Gasteiger charge is 2.24. The number of aromatic nitrogens is 1. The quantitative estimate of drug-likeness (QED) is 0.928. The maximum Gasteiger partial charge on any atom is 0.270 e. The number of hydrogen-bond acceptors (Lipinski definition) is 2. The van der Waals surface area contributed by atoms with E-state index >= 15 is 0 Å². The Labute approximate surface area is 116 Å². The number of nitrogens with zero attached hydrogens (tertiary/aromatic N) is 2. The second-order valence-corrected chi connectivity index (χ2v) is 5.66. The summed E-state index contributed by atoms with van der Waals surface area (Å²) in [5.41, 5.74) is 0.762. The minimum absolute atomic E-state index is 0.108. The van der Waals surface area contributed by atoms with Gasteiger partial charge in [0.05, 0.1) is 0 Å². The van der Waals surface area contributed by atoms with Crippen LogP contribution in [0.4, 0.5) is 0 Å². The van der Waals surface area contributed by atoms with Crippen molar-refractivity contribution in [1.29, 1.82) is 0 Å². The van der Waals surface area contributed by atoms with Crippen molar-refractivity contribution in [2.75, 3.05) is 20.1 Å². The van der Waals surface area contributed by atoms with Gasteiger partial charge in [0.15, 0.2) is 0 Å². The van der Waals surface area contributed by atoms with Crippen molar-refractivity contribution < 1.29 is 4.79 Å². The van der Waals surface area contributed by atoms with Crippen LogP contribution in [0.3, 0.4) is 0 Å². The lowest BCUT2D eigenvalue weighted by Crippen LogP contribution is -2.47. The first-order valence-electron chi connectivity index (χ1n) is 6.47. The van der Waals surface area contributed by atoms with Crippen molar-refractivity contribution in [2.24, 2.45) is 0 Å². The molecule has 1 atom stereocenters. The molecule has 1 aromatic heterocycles. The number of likely N-dealkylation sites (N-methyl/N-ethyl adjacent to an activating group) is 1. The van der Waals surface area contributed by atoms with E-state index < -0.39 is 0 Å². The second kappa shape index (κ2) is 5.89. The molecule has 0 radical (unpaired) electrons. The maximum absolute atomic E-state index is 12.5. The van der Waals surface area contributed by atoms with E-state index in [0.29, 0.717) is 6.04 Å². The van der Waals surface area contributed by atoms with Gasteiger partial charge in [-0.1, -0.05) is 0 Å². The predicted octanol–water partition coefficient (Wildman–Crippen LogP) is 2.09. The Balaban J connectivity index is 2.13. The second-order valence-electron chi connectivity index (χ2n) is 4.75. The summed E-state index contributed by atoms with van der Waals surface area (Å²) < 4.78 is 2.95. The van der Waals surface area contributed by atoms with Gasteiger partial charge in [0, 0.05) is 36.8 Å². The molecule has 0 bridgehead atoms. The van der Waals surface area contributed by atoms with Gasteiger partial charge in [-0.05, 0) is 48.3 Å². The molecule has 18 heavy (non-hydrogen) atoms. The summed E-state index contributed by atoms with van der Waals surface area (Å²) in [5, 5.41) is 3.35. The Morgan fingerprint density at radius 2 is 2.44 bits per heavy atom. The van der Waals surface area contributed by atoms with Gasteiger partial charge in [0.2, 0.25) is 0 Å². The van der Waals surface area contributed by atoms with Crippen LogP contribution < -0.4 is 5.32 Å². The van der Waals surface area contributed by atoms with Crippen LogP contribution in [0.2, 0.25) is 0 Å². The van der Waals surface area contributed by atoms with Crippen LogP contribution in [0.15, 0.2) is 16.7 Å². The van der Waals surface area contributed by atoms with Gasteiger partial charge < -0.3 is 14.8 Å². The fourth-order valence-corrected chi connectivity index (χ4v) is 2.89. The molecule has 1 fully saturated rings. The van der Waals surface area contributed by atoms with Crippen LogP contribution in [0.25, 0.3) is 0 Å². The number of halogens is 1. The average Bonchev–Trinajstić information content (AvgIpc) is 2.79. The van der Waals surface area contributed by atoms with E-state index in [-0.39, 0.29) is 5.91 Å². The maximum atomic E-state index is 12.5. The number of rotatable bonds is 3. The van der Waals surface area contributed by atoms with Crippen molar-refractivity contribution in [3.05, 3.63) is 22.4 Å². The SMILES string of the molecule is CCn1cc(Br)cc1C(=O)N(C)C1CCCNC1. The van der Waals surface area contributed by atoms with Crippen LogP contribution in [0.1, 0.15) is 30.3 Å². The molecule has 2 rings (SSSR count). The third-order valence-corrected chi connectivity index (χ3v) is 4.00. The van der Waals surface area contributed by atoms with Crippen LogP contribution in [0, 0.1) is 0 Å². The molecule has 5 heteroatoms. The van der Waals surface area contributed by atoms with Gasteiger partial charge >= 0.3 is 0 Å². The van der Waals surface area contributed by atoms with E-state index in [1.54, 1.807) is 0 Å². The number of aryl methyl sites for hydroxylation is 1. The lowest BCUT2D eigenvalue weighted by molar-refractivity contribution is 0.0697. The fraction of sp³-hybridized carbons (Fsp3) is 0.615. The molecule has 0 saturated carbocycles. The summed E-state index contributed by atoms with van der Waals surface area (Å²) in [6, 6.07) is 2.21. The van der Waals surface area contributed by atoms with Crippen LogP contribution >= 0.6 is 15.9 Å². The summed E-state index contributed by atoms with van der Waals surface area (Å²) in [6.45, 7) is 4.82. The lowest BCUT2D eigenvalue weighted by Gasteiger charge is -2.31. The first-order valence-corrected chi connectivity index (χ1v) is 7.26. The Morgan fingerprint density at radius 1 is 1.67 bits per heavy atom. The molecule has 1 aliphatic heterocycles. The summed E-state index contributed by atoms with van der Waals surface area (Å²) >= 11 is 3.43. The minimum atomic E-state index is 0.108. The van der Waals surface area contributed by atoms with E-state index in [9.17, 15) is 4.79 Å². The van der Waals surface area contributed by atoms with E-state index in [0.717, 1.165) is 42.6 Å². The zero-order valence-electron chi connectivity index (χ0n) is 10.9. The first kappa shape index (κ1) is 13.6. The summed E-state index contributed by atoms with van der Waals surface area (Å²) in [4.78, 5) is 14.4. The standard InChI is InChI=1S/C13H20BrN3O/c1-3-17-9-10(14)7-12(17)13(18)16(2)11-5-4-6-15-8-11/h7,9,11,15H,3-6,8H2,1-2H3. The van der Waals surface area contributed by atoms with E-state index in [1.165, 1.54) is 0 Å². The molecule has 0 spiro atoms.